The Morgan fingerprint density at radius 1 is 1.27 bits per heavy atom. The molecular formula is C16H11ClN2O3. The van der Waals surface area contributed by atoms with Crippen molar-refractivity contribution < 1.29 is 14.7 Å². The molecule has 0 radical (unpaired) electrons. The Labute approximate surface area is 132 Å². The summed E-state index contributed by atoms with van der Waals surface area (Å²) >= 11 is 5.94. The van der Waals surface area contributed by atoms with Gasteiger partial charge in [-0.05, 0) is 30.3 Å². The van der Waals surface area contributed by atoms with Crippen molar-refractivity contribution >= 4 is 23.5 Å². The van der Waals surface area contributed by atoms with Crippen molar-refractivity contribution in [1.29, 1.82) is 0 Å². The lowest BCUT2D eigenvalue weighted by Crippen LogP contribution is -2.20. The fourth-order valence-electron chi connectivity index (χ4n) is 1.71. The van der Waals surface area contributed by atoms with Crippen molar-refractivity contribution in [2.45, 2.75) is 0 Å². The van der Waals surface area contributed by atoms with E-state index in [0.717, 1.165) is 0 Å². The fourth-order valence-corrected chi connectivity index (χ4v) is 1.88. The highest BCUT2D eigenvalue weighted by atomic mass is 35.5. The van der Waals surface area contributed by atoms with E-state index >= 15 is 0 Å². The molecule has 0 aliphatic carbocycles. The lowest BCUT2D eigenvalue weighted by Gasteiger charge is -2.04. The third-order valence-corrected chi connectivity index (χ3v) is 2.91. The van der Waals surface area contributed by atoms with Crippen LogP contribution in [0, 0.1) is 11.8 Å². The third kappa shape index (κ3) is 4.08. The number of carbonyl (C=O) groups is 2. The van der Waals surface area contributed by atoms with Gasteiger partial charge < -0.3 is 10.4 Å². The number of carbonyl (C=O) groups excluding carboxylic acids is 1. The van der Waals surface area contributed by atoms with Gasteiger partial charge in [0.05, 0.1) is 6.54 Å². The van der Waals surface area contributed by atoms with Gasteiger partial charge in [-0.3, -0.25) is 9.78 Å². The van der Waals surface area contributed by atoms with Crippen molar-refractivity contribution in [3.63, 3.8) is 0 Å². The zero-order valence-corrected chi connectivity index (χ0v) is 12.1. The SMILES string of the molecule is O=C(O)NCC#Cc1ccc(Cl)cc1C(=O)c1ccccn1. The van der Waals surface area contributed by atoms with Crippen LogP contribution in [-0.4, -0.2) is 28.5 Å². The molecule has 0 atom stereocenters. The average molecular weight is 315 g/mol. The maximum Gasteiger partial charge on any atom is 0.405 e. The second-order valence-corrected chi connectivity index (χ2v) is 4.63. The summed E-state index contributed by atoms with van der Waals surface area (Å²) in [6.45, 7) is -0.0326. The molecule has 22 heavy (non-hydrogen) atoms. The molecule has 1 amide bonds. The first kappa shape index (κ1) is 15.5. The van der Waals surface area contributed by atoms with Crippen LogP contribution in [0.4, 0.5) is 4.79 Å². The molecule has 110 valence electrons. The second kappa shape index (κ2) is 7.25. The molecule has 0 aliphatic heterocycles. The Balaban J connectivity index is 2.32. The minimum absolute atomic E-state index is 0.0326. The molecule has 0 aliphatic rings. The summed E-state index contributed by atoms with van der Waals surface area (Å²) < 4.78 is 0. The van der Waals surface area contributed by atoms with Crippen LogP contribution in [0.5, 0.6) is 0 Å². The lowest BCUT2D eigenvalue weighted by molar-refractivity contribution is 0.103. The Morgan fingerprint density at radius 2 is 2.09 bits per heavy atom. The van der Waals surface area contributed by atoms with Crippen molar-refractivity contribution in [3.05, 3.63) is 64.4 Å². The average Bonchev–Trinajstić information content (AvgIpc) is 2.52. The molecule has 0 spiro atoms. The minimum Gasteiger partial charge on any atom is -0.465 e. The van der Waals surface area contributed by atoms with Gasteiger partial charge in [0.25, 0.3) is 0 Å². The molecule has 0 saturated carbocycles. The van der Waals surface area contributed by atoms with E-state index < -0.39 is 6.09 Å². The van der Waals surface area contributed by atoms with Crippen LogP contribution >= 0.6 is 11.6 Å². The second-order valence-electron chi connectivity index (χ2n) is 4.19. The standard InChI is InChI=1S/C16H11ClN2O3/c17-12-7-6-11(4-3-9-19-16(21)22)13(10-12)15(20)14-5-1-2-8-18-14/h1-2,5-8,10,19H,9H2,(H,21,22). The fraction of sp³-hybridized carbons (Fsp3) is 0.0625. The molecule has 0 saturated heterocycles. The predicted octanol–water partition coefficient (Wildman–Crippen LogP) is 2.59. The van der Waals surface area contributed by atoms with Crippen LogP contribution in [0.1, 0.15) is 21.6 Å². The minimum atomic E-state index is -1.16. The number of aromatic nitrogens is 1. The highest BCUT2D eigenvalue weighted by Crippen LogP contribution is 2.18. The Bertz CT molecular complexity index is 764. The molecule has 0 bridgehead atoms. The van der Waals surface area contributed by atoms with E-state index in [9.17, 15) is 9.59 Å². The van der Waals surface area contributed by atoms with E-state index in [4.69, 9.17) is 16.7 Å². The van der Waals surface area contributed by atoms with Gasteiger partial charge in [0.2, 0.25) is 5.78 Å². The van der Waals surface area contributed by atoms with Gasteiger partial charge >= 0.3 is 6.09 Å². The number of ketones is 1. The molecule has 1 aromatic heterocycles. The summed E-state index contributed by atoms with van der Waals surface area (Å²) in [5.41, 5.74) is 1.08. The molecule has 2 N–H and O–H groups in total. The van der Waals surface area contributed by atoms with E-state index in [1.54, 1.807) is 30.3 Å². The first-order chi connectivity index (χ1) is 10.6. The molecular weight excluding hydrogens is 304 g/mol. The van der Waals surface area contributed by atoms with Gasteiger partial charge in [0.15, 0.2) is 0 Å². The number of carboxylic acid groups (broad SMARTS) is 1. The molecule has 2 aromatic rings. The number of nitrogens with one attached hydrogen (secondary N) is 1. The first-order valence-corrected chi connectivity index (χ1v) is 6.66. The van der Waals surface area contributed by atoms with Gasteiger partial charge in [-0.25, -0.2) is 4.79 Å². The summed E-state index contributed by atoms with van der Waals surface area (Å²) in [4.78, 5) is 26.8. The summed E-state index contributed by atoms with van der Waals surface area (Å²) in [5.74, 6) is 5.11. The number of hydrogen-bond acceptors (Lipinski definition) is 3. The van der Waals surface area contributed by atoms with Crippen LogP contribution in [0.2, 0.25) is 5.02 Å². The topological polar surface area (TPSA) is 79.3 Å². The van der Waals surface area contributed by atoms with Crippen molar-refractivity contribution in [2.75, 3.05) is 6.54 Å². The number of nitrogens with zero attached hydrogens (tertiary/aromatic N) is 1. The van der Waals surface area contributed by atoms with Crippen molar-refractivity contribution in [2.24, 2.45) is 0 Å². The molecule has 5 nitrogen and oxygen atoms in total. The molecule has 0 fully saturated rings. The highest BCUT2D eigenvalue weighted by molar-refractivity contribution is 6.31. The van der Waals surface area contributed by atoms with Gasteiger partial charge in [-0.15, -0.1) is 0 Å². The Hall–Kier alpha value is -2.84. The van der Waals surface area contributed by atoms with Gasteiger partial charge in [0.1, 0.15) is 5.69 Å². The Kier molecular flexibility index (Phi) is 5.12. The van der Waals surface area contributed by atoms with E-state index in [2.05, 4.69) is 22.1 Å². The highest BCUT2D eigenvalue weighted by Gasteiger charge is 2.14. The summed E-state index contributed by atoms with van der Waals surface area (Å²) in [7, 11) is 0. The van der Waals surface area contributed by atoms with Crippen LogP contribution in [0.25, 0.3) is 0 Å². The predicted molar refractivity (Wildman–Crippen MR) is 82.0 cm³/mol. The Morgan fingerprint density at radius 3 is 2.77 bits per heavy atom. The first-order valence-electron chi connectivity index (χ1n) is 6.29. The lowest BCUT2D eigenvalue weighted by atomic mass is 10.0. The third-order valence-electron chi connectivity index (χ3n) is 2.67. The molecule has 2 rings (SSSR count). The maximum absolute atomic E-state index is 12.5. The van der Waals surface area contributed by atoms with Gasteiger partial charge in [-0.2, -0.15) is 0 Å². The monoisotopic (exact) mass is 314 g/mol. The van der Waals surface area contributed by atoms with Gasteiger partial charge in [0, 0.05) is 22.3 Å². The molecule has 1 aromatic carbocycles. The van der Waals surface area contributed by atoms with Crippen LogP contribution in [-0.2, 0) is 0 Å². The number of rotatable bonds is 3. The molecule has 6 heteroatoms. The van der Waals surface area contributed by atoms with Crippen molar-refractivity contribution in [1.82, 2.24) is 10.3 Å². The number of halogens is 1. The zero-order valence-electron chi connectivity index (χ0n) is 11.3. The van der Waals surface area contributed by atoms with Crippen molar-refractivity contribution in [3.8, 4) is 11.8 Å². The largest absolute Gasteiger partial charge is 0.465 e. The quantitative estimate of drug-likeness (QED) is 0.674. The maximum atomic E-state index is 12.5. The van der Waals surface area contributed by atoms with E-state index in [1.165, 1.54) is 12.3 Å². The summed E-state index contributed by atoms with van der Waals surface area (Å²) in [6, 6.07) is 9.79. The molecule has 0 unspecified atom stereocenters. The summed E-state index contributed by atoms with van der Waals surface area (Å²) in [5, 5.41) is 11.0. The van der Waals surface area contributed by atoms with Crippen LogP contribution in [0.15, 0.2) is 42.6 Å². The number of pyridine rings is 1. The zero-order chi connectivity index (χ0) is 15.9. The van der Waals surface area contributed by atoms with Gasteiger partial charge in [-0.1, -0.05) is 29.5 Å². The van der Waals surface area contributed by atoms with E-state index in [0.29, 0.717) is 16.1 Å². The summed E-state index contributed by atoms with van der Waals surface area (Å²) in [6.07, 6.45) is 0.370. The number of amides is 1. The molecule has 1 heterocycles. The normalized spacial score (nSPS) is 9.50. The smallest absolute Gasteiger partial charge is 0.405 e. The van der Waals surface area contributed by atoms with E-state index in [1.807, 2.05) is 0 Å². The van der Waals surface area contributed by atoms with E-state index in [-0.39, 0.29) is 18.0 Å². The van der Waals surface area contributed by atoms with Crippen LogP contribution in [0.3, 0.4) is 0 Å². The number of benzene rings is 1. The van der Waals surface area contributed by atoms with Crippen LogP contribution < -0.4 is 5.32 Å². The number of hydrogen-bond donors (Lipinski definition) is 2.